The maximum absolute atomic E-state index is 13.3. The Hall–Kier alpha value is -5.58. The van der Waals surface area contributed by atoms with Crippen molar-refractivity contribution in [1.29, 1.82) is 0 Å². The zero-order chi connectivity index (χ0) is 40.0. The van der Waals surface area contributed by atoms with Gasteiger partial charge in [0.05, 0.1) is 23.8 Å². The first-order valence-corrected chi connectivity index (χ1v) is 17.4. The van der Waals surface area contributed by atoms with E-state index in [2.05, 4.69) is 0 Å². The second-order valence-corrected chi connectivity index (χ2v) is 11.7. The minimum Gasteiger partial charge on any atom is -0.482 e. The van der Waals surface area contributed by atoms with Crippen LogP contribution in [0.15, 0.2) is 84.9 Å². The highest BCUT2D eigenvalue weighted by Gasteiger charge is 2.23. The topological polar surface area (TPSA) is 154 Å². The summed E-state index contributed by atoms with van der Waals surface area (Å²) in [6.45, 7) is -0.286. The van der Waals surface area contributed by atoms with E-state index >= 15 is 0 Å². The molecular formula is C41H48O15. The van der Waals surface area contributed by atoms with Crippen molar-refractivity contribution in [2.45, 2.75) is 25.7 Å². The Kier molecular flexibility index (Phi) is 18.5. The Labute approximate surface area is 326 Å². The molecule has 1 atom stereocenters. The lowest BCUT2D eigenvalue weighted by Gasteiger charge is -2.19. The standard InChI is InChI=1S/C41H48O15/c1-44-25-53-34-18-31(19-35(54-26-45-2)38(34)50-22-29-12-8-6-9-13-29)40(42)49-17-16-33(48-5)24-52-41(43)32-20-36(55-27-46-3)39(37(21-32)56-28-47-4)51-23-30-14-10-7-11-15-30/h6-15,18-21,33H,16-17,22-28H2,1-5H3/t33-/m1/s1. The Morgan fingerprint density at radius 1 is 0.500 bits per heavy atom. The minimum absolute atomic E-state index is 0.0683. The van der Waals surface area contributed by atoms with Crippen LogP contribution in [-0.4, -0.2) is 94.0 Å². The number of ether oxygens (including phenoxy) is 13. The predicted molar refractivity (Wildman–Crippen MR) is 200 cm³/mol. The summed E-state index contributed by atoms with van der Waals surface area (Å²) < 4.78 is 72.2. The maximum Gasteiger partial charge on any atom is 0.338 e. The lowest BCUT2D eigenvalue weighted by atomic mass is 10.1. The Morgan fingerprint density at radius 2 is 0.875 bits per heavy atom. The molecule has 0 aliphatic rings. The molecule has 0 heterocycles. The van der Waals surface area contributed by atoms with E-state index in [1.807, 2.05) is 60.7 Å². The first-order chi connectivity index (χ1) is 27.4. The molecule has 0 amide bonds. The van der Waals surface area contributed by atoms with Crippen molar-refractivity contribution in [3.05, 3.63) is 107 Å². The van der Waals surface area contributed by atoms with Crippen LogP contribution in [0.1, 0.15) is 38.3 Å². The normalized spacial score (nSPS) is 11.3. The molecule has 0 unspecified atom stereocenters. The van der Waals surface area contributed by atoms with Crippen LogP contribution in [-0.2, 0) is 46.4 Å². The van der Waals surface area contributed by atoms with Gasteiger partial charge in [0.25, 0.3) is 0 Å². The number of carbonyl (C=O) groups is 2. The molecule has 4 aromatic rings. The minimum atomic E-state index is -0.690. The Bertz CT molecular complexity index is 1710. The molecule has 0 radical (unpaired) electrons. The van der Waals surface area contributed by atoms with Gasteiger partial charge in [0.2, 0.25) is 11.5 Å². The third-order valence-corrected chi connectivity index (χ3v) is 7.70. The molecule has 0 aliphatic carbocycles. The summed E-state index contributed by atoms with van der Waals surface area (Å²) >= 11 is 0. The van der Waals surface area contributed by atoms with Gasteiger partial charge in [-0.1, -0.05) is 60.7 Å². The predicted octanol–water partition coefficient (Wildman–Crippen LogP) is 6.19. The molecule has 302 valence electrons. The van der Waals surface area contributed by atoms with Crippen LogP contribution in [0, 0.1) is 0 Å². The molecule has 0 saturated carbocycles. The molecule has 56 heavy (non-hydrogen) atoms. The van der Waals surface area contributed by atoms with Crippen molar-refractivity contribution >= 4 is 11.9 Å². The molecule has 0 fully saturated rings. The molecule has 0 aromatic heterocycles. The molecule has 0 spiro atoms. The summed E-state index contributed by atoms with van der Waals surface area (Å²) in [6, 6.07) is 24.9. The summed E-state index contributed by atoms with van der Waals surface area (Å²) in [5.41, 5.74) is 2.06. The highest BCUT2D eigenvalue weighted by atomic mass is 16.7. The summed E-state index contributed by atoms with van der Waals surface area (Å²) in [6.07, 6.45) is -0.423. The second-order valence-electron chi connectivity index (χ2n) is 11.7. The maximum atomic E-state index is 13.3. The summed E-state index contributed by atoms with van der Waals surface area (Å²) in [7, 11) is 7.33. The van der Waals surface area contributed by atoms with Gasteiger partial charge in [-0.15, -0.1) is 0 Å². The number of rotatable bonds is 26. The van der Waals surface area contributed by atoms with Gasteiger partial charge in [0.15, 0.2) is 50.2 Å². The second kappa shape index (κ2) is 24.0. The van der Waals surface area contributed by atoms with Crippen molar-refractivity contribution in [3.63, 3.8) is 0 Å². The smallest absolute Gasteiger partial charge is 0.338 e. The highest BCUT2D eigenvalue weighted by molar-refractivity contribution is 5.92. The van der Waals surface area contributed by atoms with Crippen molar-refractivity contribution in [2.24, 2.45) is 0 Å². The van der Waals surface area contributed by atoms with Crippen LogP contribution in [0.25, 0.3) is 0 Å². The van der Waals surface area contributed by atoms with Crippen LogP contribution in [0.5, 0.6) is 34.5 Å². The number of benzene rings is 4. The first-order valence-electron chi connectivity index (χ1n) is 17.4. The molecule has 0 aliphatic heterocycles. The molecule has 4 rings (SSSR count). The summed E-state index contributed by atoms with van der Waals surface area (Å²) in [5, 5.41) is 0. The van der Waals surface area contributed by atoms with Crippen LogP contribution >= 0.6 is 0 Å². The Morgan fingerprint density at radius 3 is 1.23 bits per heavy atom. The fourth-order valence-electron chi connectivity index (χ4n) is 4.94. The molecule has 15 heteroatoms. The third-order valence-electron chi connectivity index (χ3n) is 7.70. The van der Waals surface area contributed by atoms with E-state index in [1.165, 1.54) is 59.8 Å². The highest BCUT2D eigenvalue weighted by Crippen LogP contribution is 2.41. The third kappa shape index (κ3) is 13.6. The van der Waals surface area contributed by atoms with Crippen LogP contribution in [0.4, 0.5) is 0 Å². The van der Waals surface area contributed by atoms with Crippen LogP contribution < -0.4 is 28.4 Å². The van der Waals surface area contributed by atoms with Gasteiger partial charge in [0, 0.05) is 42.0 Å². The Balaban J connectivity index is 1.41. The van der Waals surface area contributed by atoms with Crippen molar-refractivity contribution < 1.29 is 71.2 Å². The van der Waals surface area contributed by atoms with Crippen molar-refractivity contribution in [2.75, 3.05) is 75.9 Å². The van der Waals surface area contributed by atoms with E-state index in [0.29, 0.717) is 0 Å². The summed E-state index contributed by atoms with van der Waals surface area (Å²) in [5.74, 6) is -0.0609. The van der Waals surface area contributed by atoms with Gasteiger partial charge in [0.1, 0.15) is 19.8 Å². The number of hydrogen-bond donors (Lipinski definition) is 0. The average Bonchev–Trinajstić information content (AvgIpc) is 3.23. The van der Waals surface area contributed by atoms with E-state index in [1.54, 1.807) is 0 Å². The fourth-order valence-corrected chi connectivity index (χ4v) is 4.94. The zero-order valence-corrected chi connectivity index (χ0v) is 32.1. The quantitative estimate of drug-likeness (QED) is 0.0525. The van der Waals surface area contributed by atoms with Crippen molar-refractivity contribution in [1.82, 2.24) is 0 Å². The number of esters is 2. The first kappa shape index (κ1) is 43.2. The largest absolute Gasteiger partial charge is 0.482 e. The van der Waals surface area contributed by atoms with Crippen molar-refractivity contribution in [3.8, 4) is 34.5 Å². The molecule has 4 aromatic carbocycles. The van der Waals surface area contributed by atoms with Gasteiger partial charge in [-0.2, -0.15) is 0 Å². The number of hydrogen-bond acceptors (Lipinski definition) is 15. The van der Waals surface area contributed by atoms with E-state index in [4.69, 9.17) is 61.6 Å². The lowest BCUT2D eigenvalue weighted by Crippen LogP contribution is -2.23. The van der Waals surface area contributed by atoms with Gasteiger partial charge in [-0.25, -0.2) is 9.59 Å². The fraction of sp³-hybridized carbons (Fsp3) is 0.366. The molecule has 0 saturated heterocycles. The lowest BCUT2D eigenvalue weighted by molar-refractivity contribution is -0.00269. The van der Waals surface area contributed by atoms with Crippen LogP contribution in [0.2, 0.25) is 0 Å². The molecule has 0 N–H and O–H groups in total. The van der Waals surface area contributed by atoms with E-state index in [9.17, 15) is 9.59 Å². The molecule has 15 nitrogen and oxygen atoms in total. The number of carbonyl (C=O) groups excluding carboxylic acids is 2. The average molecular weight is 781 g/mol. The van der Waals surface area contributed by atoms with Gasteiger partial charge < -0.3 is 61.6 Å². The SMILES string of the molecule is COCOc1cc(C(=O)OCC[C@H](COC(=O)c2cc(OCOC)c(OCc3ccccc3)c(OCOC)c2)OC)cc(OCOC)c1OCc1ccccc1. The molecular weight excluding hydrogens is 732 g/mol. The van der Waals surface area contributed by atoms with Gasteiger partial charge in [-0.3, -0.25) is 0 Å². The number of methoxy groups -OCH3 is 5. The van der Waals surface area contributed by atoms with Crippen LogP contribution in [0.3, 0.4) is 0 Å². The summed E-state index contributed by atoms with van der Waals surface area (Å²) in [4.78, 5) is 26.6. The van der Waals surface area contributed by atoms with E-state index in [0.717, 1.165) is 11.1 Å². The van der Waals surface area contributed by atoms with Gasteiger partial charge in [-0.05, 0) is 35.4 Å². The van der Waals surface area contributed by atoms with E-state index in [-0.39, 0.29) is 106 Å². The van der Waals surface area contributed by atoms with Gasteiger partial charge >= 0.3 is 11.9 Å². The zero-order valence-electron chi connectivity index (χ0n) is 32.1. The molecule has 0 bridgehead atoms. The van der Waals surface area contributed by atoms with E-state index < -0.39 is 18.0 Å². The monoisotopic (exact) mass is 780 g/mol.